The molecule has 1 N–H and O–H groups in total. The third-order valence-electron chi connectivity index (χ3n) is 2.78. The van der Waals surface area contributed by atoms with Crippen LogP contribution in [-0.2, 0) is 0 Å². The third-order valence-corrected chi connectivity index (χ3v) is 3.43. The number of ether oxygens (including phenoxy) is 1. The van der Waals surface area contributed by atoms with E-state index in [2.05, 4.69) is 15.9 Å². The molecule has 0 saturated carbocycles. The highest BCUT2D eigenvalue weighted by molar-refractivity contribution is 9.10. The van der Waals surface area contributed by atoms with Gasteiger partial charge in [-0.15, -0.1) is 0 Å². The minimum Gasteiger partial charge on any atom is -0.449 e. The van der Waals surface area contributed by atoms with E-state index < -0.39 is 16.8 Å². The monoisotopic (exact) mass is 355 g/mol. The molecule has 0 amide bonds. The lowest BCUT2D eigenvalue weighted by molar-refractivity contribution is -0.385. The predicted octanol–water partition coefficient (Wildman–Crippen LogP) is 4.34. The summed E-state index contributed by atoms with van der Waals surface area (Å²) in [6.07, 6.45) is -0.835. The maximum Gasteiger partial charge on any atom is 0.311 e. The van der Waals surface area contributed by atoms with E-state index in [1.807, 2.05) is 0 Å². The Hall–Kier alpha value is -1.99. The lowest BCUT2D eigenvalue weighted by atomic mass is 10.1. The van der Waals surface area contributed by atoms with Crippen LogP contribution in [0.5, 0.6) is 11.5 Å². The zero-order chi connectivity index (χ0) is 15.6. The third kappa shape index (κ3) is 3.56. The van der Waals surface area contributed by atoms with Gasteiger partial charge in [-0.25, -0.2) is 4.39 Å². The van der Waals surface area contributed by atoms with Gasteiger partial charge in [0.05, 0.1) is 15.5 Å². The summed E-state index contributed by atoms with van der Waals surface area (Å²) in [5.74, 6) is -0.421. The molecule has 1 atom stereocenters. The molecule has 2 aromatic rings. The summed E-state index contributed by atoms with van der Waals surface area (Å²) in [6.45, 7) is 1.50. The summed E-state index contributed by atoms with van der Waals surface area (Å²) in [5.41, 5.74) is 0.0944. The fraction of sp³-hybridized carbons (Fsp3) is 0.143. The largest absolute Gasteiger partial charge is 0.449 e. The first-order valence-corrected chi connectivity index (χ1v) is 6.77. The molecular weight excluding hydrogens is 345 g/mol. The fourth-order valence-corrected chi connectivity index (χ4v) is 2.02. The number of aliphatic hydroxyl groups is 1. The number of nitrogens with zero attached hydrogens (tertiary/aromatic N) is 1. The van der Waals surface area contributed by atoms with Crippen molar-refractivity contribution in [3.05, 3.63) is 62.4 Å². The van der Waals surface area contributed by atoms with Gasteiger partial charge in [-0.2, -0.15) is 0 Å². The topological polar surface area (TPSA) is 72.6 Å². The van der Waals surface area contributed by atoms with Gasteiger partial charge >= 0.3 is 5.69 Å². The van der Waals surface area contributed by atoms with Crippen molar-refractivity contribution in [2.24, 2.45) is 0 Å². The van der Waals surface area contributed by atoms with E-state index in [9.17, 15) is 19.6 Å². The van der Waals surface area contributed by atoms with E-state index in [0.717, 1.165) is 6.07 Å². The summed E-state index contributed by atoms with van der Waals surface area (Å²) in [6, 6.07) is 7.92. The summed E-state index contributed by atoms with van der Waals surface area (Å²) >= 11 is 3.19. The number of nitro groups is 1. The van der Waals surface area contributed by atoms with Gasteiger partial charge in [0.1, 0.15) is 11.6 Å². The molecule has 5 nitrogen and oxygen atoms in total. The Kier molecular flexibility index (Phi) is 4.54. The van der Waals surface area contributed by atoms with Crippen LogP contribution in [0, 0.1) is 15.9 Å². The maximum absolute atomic E-state index is 13.2. The van der Waals surface area contributed by atoms with Gasteiger partial charge in [0.2, 0.25) is 5.75 Å². The molecule has 0 aliphatic heterocycles. The minimum atomic E-state index is -0.835. The number of benzene rings is 2. The van der Waals surface area contributed by atoms with Crippen molar-refractivity contribution in [1.82, 2.24) is 0 Å². The first-order chi connectivity index (χ1) is 9.88. The molecule has 0 fully saturated rings. The van der Waals surface area contributed by atoms with Crippen LogP contribution in [0.3, 0.4) is 0 Å². The molecule has 0 aliphatic rings. The van der Waals surface area contributed by atoms with Crippen molar-refractivity contribution in [2.75, 3.05) is 0 Å². The molecule has 0 bridgehead atoms. The molecule has 2 aromatic carbocycles. The standard InChI is InChI=1S/C14H11BrFNO4/c1-8(18)9-2-5-13(12(6-9)17(19)20)21-14-7-10(16)3-4-11(14)15/h2-8,18H,1H3/t8-/m0/s1. The van der Waals surface area contributed by atoms with Crippen molar-refractivity contribution in [3.63, 3.8) is 0 Å². The molecule has 0 unspecified atom stereocenters. The van der Waals surface area contributed by atoms with Crippen LogP contribution in [0.15, 0.2) is 40.9 Å². The lowest BCUT2D eigenvalue weighted by Crippen LogP contribution is -1.98. The van der Waals surface area contributed by atoms with E-state index in [1.54, 1.807) is 0 Å². The molecular formula is C14H11BrFNO4. The first-order valence-electron chi connectivity index (χ1n) is 5.98. The second-order valence-corrected chi connectivity index (χ2v) is 5.19. The fourth-order valence-electron chi connectivity index (χ4n) is 1.70. The van der Waals surface area contributed by atoms with Crippen molar-refractivity contribution in [1.29, 1.82) is 0 Å². The van der Waals surface area contributed by atoms with Crippen LogP contribution < -0.4 is 4.74 Å². The predicted molar refractivity (Wildman–Crippen MR) is 77.9 cm³/mol. The van der Waals surface area contributed by atoms with Crippen LogP contribution in [0.2, 0.25) is 0 Å². The number of rotatable bonds is 4. The first kappa shape index (κ1) is 15.4. The normalized spacial score (nSPS) is 12.0. The average molecular weight is 356 g/mol. The smallest absolute Gasteiger partial charge is 0.311 e. The second-order valence-electron chi connectivity index (χ2n) is 4.34. The average Bonchev–Trinajstić information content (AvgIpc) is 2.42. The number of aliphatic hydroxyl groups excluding tert-OH is 1. The Bertz CT molecular complexity index is 691. The Labute approximate surface area is 128 Å². The zero-order valence-electron chi connectivity index (χ0n) is 10.9. The Morgan fingerprint density at radius 2 is 2.00 bits per heavy atom. The van der Waals surface area contributed by atoms with Crippen molar-refractivity contribution in [2.45, 2.75) is 13.0 Å². The minimum absolute atomic E-state index is 0.0318. The van der Waals surface area contributed by atoms with E-state index in [1.165, 1.54) is 37.3 Å². The molecule has 0 aliphatic carbocycles. The molecule has 0 aromatic heterocycles. The van der Waals surface area contributed by atoms with Crippen molar-refractivity contribution < 1.29 is 19.2 Å². The van der Waals surface area contributed by atoms with E-state index >= 15 is 0 Å². The van der Waals surface area contributed by atoms with E-state index in [0.29, 0.717) is 10.0 Å². The number of hydrogen-bond acceptors (Lipinski definition) is 4. The lowest BCUT2D eigenvalue weighted by Gasteiger charge is -2.10. The highest BCUT2D eigenvalue weighted by Gasteiger charge is 2.19. The van der Waals surface area contributed by atoms with Crippen LogP contribution in [0.4, 0.5) is 10.1 Å². The molecule has 7 heteroatoms. The van der Waals surface area contributed by atoms with Gasteiger partial charge in [0, 0.05) is 12.1 Å². The summed E-state index contributed by atoms with van der Waals surface area (Å²) in [5, 5.41) is 20.6. The highest BCUT2D eigenvalue weighted by Crippen LogP contribution is 2.36. The maximum atomic E-state index is 13.2. The molecule has 21 heavy (non-hydrogen) atoms. The molecule has 0 heterocycles. The molecule has 2 rings (SSSR count). The quantitative estimate of drug-likeness (QED) is 0.653. The second kappa shape index (κ2) is 6.19. The van der Waals surface area contributed by atoms with Crippen LogP contribution in [0.1, 0.15) is 18.6 Å². The van der Waals surface area contributed by atoms with Gasteiger partial charge in [-0.1, -0.05) is 6.07 Å². The van der Waals surface area contributed by atoms with E-state index in [4.69, 9.17) is 4.74 Å². The summed E-state index contributed by atoms with van der Waals surface area (Å²) in [4.78, 5) is 10.5. The van der Waals surface area contributed by atoms with Crippen LogP contribution in [0.25, 0.3) is 0 Å². The van der Waals surface area contributed by atoms with E-state index in [-0.39, 0.29) is 17.2 Å². The summed E-state index contributed by atoms with van der Waals surface area (Å²) in [7, 11) is 0. The van der Waals surface area contributed by atoms with Crippen LogP contribution in [-0.4, -0.2) is 10.0 Å². The SMILES string of the molecule is C[C@H](O)c1ccc(Oc2cc(F)ccc2Br)c([N+](=O)[O-])c1. The van der Waals surface area contributed by atoms with Gasteiger partial charge in [-0.05, 0) is 46.6 Å². The molecule has 0 saturated heterocycles. The van der Waals surface area contributed by atoms with Gasteiger partial charge in [-0.3, -0.25) is 10.1 Å². The zero-order valence-corrected chi connectivity index (χ0v) is 12.5. The van der Waals surface area contributed by atoms with Crippen molar-refractivity contribution in [3.8, 4) is 11.5 Å². The van der Waals surface area contributed by atoms with Gasteiger partial charge in [0.15, 0.2) is 0 Å². The Morgan fingerprint density at radius 3 is 2.62 bits per heavy atom. The Morgan fingerprint density at radius 1 is 1.29 bits per heavy atom. The number of halogens is 2. The summed E-state index contributed by atoms with van der Waals surface area (Å²) < 4.78 is 19.1. The molecule has 110 valence electrons. The van der Waals surface area contributed by atoms with Gasteiger partial charge < -0.3 is 9.84 Å². The molecule has 0 radical (unpaired) electrons. The highest BCUT2D eigenvalue weighted by atomic mass is 79.9. The Balaban J connectivity index is 2.44. The van der Waals surface area contributed by atoms with Gasteiger partial charge in [0.25, 0.3) is 0 Å². The van der Waals surface area contributed by atoms with Crippen molar-refractivity contribution >= 4 is 21.6 Å². The van der Waals surface area contributed by atoms with Crippen LogP contribution >= 0.6 is 15.9 Å². The number of nitro benzene ring substituents is 1. The number of hydrogen-bond donors (Lipinski definition) is 1. The molecule has 0 spiro atoms.